The number of hydrogen-bond acceptors (Lipinski definition) is 23. The Morgan fingerprint density at radius 3 is 1.03 bits per heavy atom. The molecule has 6 fully saturated rings. The normalized spacial score (nSPS) is 27.2. The maximum Gasteiger partial charge on any atom is 0.225 e. The van der Waals surface area contributed by atoms with Crippen molar-refractivity contribution >= 4 is 109 Å². The molecule has 3 saturated carbocycles. The third kappa shape index (κ3) is 17.8. The maximum atomic E-state index is 9.62. The summed E-state index contributed by atoms with van der Waals surface area (Å²) in [5.41, 5.74) is 5.48. The number of aryl methyl sites for hydroxylation is 4. The molecule has 7 aliphatic carbocycles. The van der Waals surface area contributed by atoms with Gasteiger partial charge >= 0.3 is 0 Å². The number of ether oxygens (including phenoxy) is 5. The Labute approximate surface area is 620 Å². The molecule has 3 saturated heterocycles. The number of hydrogen-bond donors (Lipinski definition) is 3. The summed E-state index contributed by atoms with van der Waals surface area (Å²) in [5.74, 6) is 3.91. The zero-order chi connectivity index (χ0) is 69.2. The molecule has 0 aromatic carbocycles. The SMILES string of the molecule is CC[C@@H]1CCc2sc3ncnc(Cl)c3c2C1.CC[C@@H]1CCc2sc3ncnc(OC4CCC(N5CCOCC5)CC4)c3c2C1.OC1CCC(N2CCOCC2)CC1.OC[C@@H]1CCc2sc3ncnc(Cl)c3c2C1.OC[C@@H]1CCc2sc3ncnc(OC4CCC(N5CCOCC5)CC4)c3c2C1. The molecule has 0 bridgehead atoms. The van der Waals surface area contributed by atoms with E-state index < -0.39 is 0 Å². The second-order valence-electron chi connectivity index (χ2n) is 29.5. The van der Waals surface area contributed by atoms with Crippen LogP contribution in [0.5, 0.6) is 11.8 Å². The van der Waals surface area contributed by atoms with Gasteiger partial charge in [-0.2, -0.15) is 0 Å². The van der Waals surface area contributed by atoms with Crippen molar-refractivity contribution in [3.05, 3.63) is 77.4 Å². The number of thiophene rings is 4. The number of aliphatic hydroxyl groups is 3. The van der Waals surface area contributed by atoms with Crippen molar-refractivity contribution in [2.24, 2.45) is 23.7 Å². The Balaban J connectivity index is 0.000000111. The van der Waals surface area contributed by atoms with Crippen LogP contribution in [0.4, 0.5) is 0 Å². The van der Waals surface area contributed by atoms with Crippen LogP contribution >= 0.6 is 68.5 Å². The molecule has 548 valence electrons. The summed E-state index contributed by atoms with van der Waals surface area (Å²) < 4.78 is 29.3. The summed E-state index contributed by atoms with van der Waals surface area (Å²) in [7, 11) is 0. The summed E-state index contributed by atoms with van der Waals surface area (Å²) in [6, 6.07) is 2.09. The van der Waals surface area contributed by atoms with Crippen molar-refractivity contribution in [1.82, 2.24) is 54.6 Å². The van der Waals surface area contributed by atoms with Crippen LogP contribution in [0.15, 0.2) is 25.3 Å². The molecule has 0 radical (unpaired) electrons. The van der Waals surface area contributed by atoms with E-state index in [9.17, 15) is 15.3 Å². The first-order chi connectivity index (χ1) is 49.6. The maximum absolute atomic E-state index is 9.62. The molecule has 8 aromatic heterocycles. The molecule has 4 atom stereocenters. The molecule has 101 heavy (non-hydrogen) atoms. The molecule has 25 heteroatoms. The lowest BCUT2D eigenvalue weighted by Gasteiger charge is -2.38. The minimum absolute atomic E-state index is 0.0303. The summed E-state index contributed by atoms with van der Waals surface area (Å²) >= 11 is 19.4. The van der Waals surface area contributed by atoms with Gasteiger partial charge in [0.2, 0.25) is 11.8 Å². The molecule has 3 N–H and O–H groups in total. The highest BCUT2D eigenvalue weighted by Gasteiger charge is 2.34. The quantitative estimate of drug-likeness (QED) is 0.103. The van der Waals surface area contributed by atoms with E-state index in [1.54, 1.807) is 53.0 Å². The molecule has 3 aliphatic heterocycles. The number of fused-ring (bicyclic) bond motifs is 12. The van der Waals surface area contributed by atoms with Crippen molar-refractivity contribution in [3.63, 3.8) is 0 Å². The first-order valence-corrected chi connectivity index (χ1v) is 42.1. The van der Waals surface area contributed by atoms with E-state index in [2.05, 4.69) is 68.4 Å². The summed E-state index contributed by atoms with van der Waals surface area (Å²) in [4.78, 5) is 52.6. The van der Waals surface area contributed by atoms with Crippen molar-refractivity contribution in [3.8, 4) is 11.8 Å². The zero-order valence-corrected chi connectivity index (χ0v) is 63.8. The number of morpholine rings is 3. The molecule has 19 nitrogen and oxygen atoms in total. The first kappa shape index (κ1) is 73.9. The fourth-order valence-electron chi connectivity index (χ4n) is 17.4. The van der Waals surface area contributed by atoms with Crippen LogP contribution in [0.25, 0.3) is 40.9 Å². The zero-order valence-electron chi connectivity index (χ0n) is 59.1. The predicted molar refractivity (Wildman–Crippen MR) is 405 cm³/mol. The number of rotatable bonds is 11. The lowest BCUT2D eigenvalue weighted by molar-refractivity contribution is -0.00366. The highest BCUT2D eigenvalue weighted by Crippen LogP contribution is 2.46. The minimum atomic E-state index is -0.0303. The Bertz CT molecular complexity index is 3730. The monoisotopic (exact) mass is 1500 g/mol. The van der Waals surface area contributed by atoms with Crippen LogP contribution in [0.1, 0.15) is 171 Å². The molecule has 11 heterocycles. The molecule has 0 spiro atoms. The van der Waals surface area contributed by atoms with Gasteiger partial charge in [0.25, 0.3) is 0 Å². The summed E-state index contributed by atoms with van der Waals surface area (Å²) in [5, 5.41) is 33.8. The lowest BCUT2D eigenvalue weighted by Crippen LogP contribution is -2.46. The van der Waals surface area contributed by atoms with E-state index in [-0.39, 0.29) is 31.5 Å². The fourth-order valence-corrected chi connectivity index (χ4v) is 22.7. The number of halogens is 2. The topological polar surface area (TPSA) is 220 Å². The molecule has 0 unspecified atom stereocenters. The van der Waals surface area contributed by atoms with Crippen molar-refractivity contribution in [2.45, 2.75) is 217 Å². The average Bonchev–Trinajstić information content (AvgIpc) is 1.65. The van der Waals surface area contributed by atoms with Gasteiger partial charge in [0.1, 0.15) is 67.1 Å². The second kappa shape index (κ2) is 35.6. The number of aliphatic hydroxyl groups excluding tert-OH is 3. The smallest absolute Gasteiger partial charge is 0.225 e. The van der Waals surface area contributed by atoms with Crippen LogP contribution in [0.2, 0.25) is 10.3 Å². The van der Waals surface area contributed by atoms with Gasteiger partial charge in [0.05, 0.1) is 67.3 Å². The Kier molecular flexibility index (Phi) is 26.0. The van der Waals surface area contributed by atoms with Crippen LogP contribution < -0.4 is 9.47 Å². The van der Waals surface area contributed by atoms with E-state index in [1.165, 1.54) is 137 Å². The molecule has 0 amide bonds. The van der Waals surface area contributed by atoms with E-state index in [0.29, 0.717) is 40.3 Å². The van der Waals surface area contributed by atoms with Gasteiger partial charge < -0.3 is 39.0 Å². The Morgan fingerprint density at radius 1 is 0.396 bits per heavy atom. The van der Waals surface area contributed by atoms with Crippen LogP contribution in [-0.4, -0.2) is 198 Å². The molecule has 8 aromatic rings. The van der Waals surface area contributed by atoms with E-state index in [0.717, 1.165) is 221 Å². The van der Waals surface area contributed by atoms with Gasteiger partial charge in [-0.05, 0) is 200 Å². The fraction of sp³-hybridized carbons (Fsp3) is 0.684. The van der Waals surface area contributed by atoms with Crippen LogP contribution in [-0.2, 0) is 65.6 Å². The Hall–Kier alpha value is -4.02. The average molecular weight is 1500 g/mol. The predicted octanol–water partition coefficient (Wildman–Crippen LogP) is 14.0. The largest absolute Gasteiger partial charge is 0.474 e. The van der Waals surface area contributed by atoms with Crippen molar-refractivity contribution in [2.75, 3.05) is 92.1 Å². The van der Waals surface area contributed by atoms with Gasteiger partial charge in [0.15, 0.2) is 0 Å². The van der Waals surface area contributed by atoms with Gasteiger partial charge in [0, 0.05) is 90.1 Å². The summed E-state index contributed by atoms with van der Waals surface area (Å²) in [6.07, 6.45) is 36.3. The van der Waals surface area contributed by atoms with E-state index in [1.807, 2.05) is 11.3 Å². The third-order valence-electron chi connectivity index (χ3n) is 23.5. The van der Waals surface area contributed by atoms with Gasteiger partial charge in [-0.15, -0.1) is 45.3 Å². The molecular formula is C76H103Cl2N11O8S4. The van der Waals surface area contributed by atoms with Gasteiger partial charge in [-0.3, -0.25) is 14.7 Å². The van der Waals surface area contributed by atoms with E-state index >= 15 is 0 Å². The van der Waals surface area contributed by atoms with Gasteiger partial charge in [-0.1, -0.05) is 49.9 Å². The van der Waals surface area contributed by atoms with E-state index in [4.69, 9.17) is 46.9 Å². The lowest BCUT2D eigenvalue weighted by atomic mass is 9.86. The Morgan fingerprint density at radius 2 is 0.693 bits per heavy atom. The minimum Gasteiger partial charge on any atom is -0.474 e. The van der Waals surface area contributed by atoms with Crippen molar-refractivity contribution < 1.29 is 39.0 Å². The second-order valence-corrected chi connectivity index (χ2v) is 34.6. The highest BCUT2D eigenvalue weighted by atomic mass is 35.5. The van der Waals surface area contributed by atoms with Crippen LogP contribution in [0, 0.1) is 23.7 Å². The molecule has 10 aliphatic rings. The van der Waals surface area contributed by atoms with Crippen molar-refractivity contribution in [1.29, 1.82) is 0 Å². The molecular weight excluding hydrogens is 1390 g/mol. The third-order valence-corrected chi connectivity index (χ3v) is 28.9. The van der Waals surface area contributed by atoms with Gasteiger partial charge in [-0.25, -0.2) is 39.9 Å². The van der Waals surface area contributed by atoms with Crippen LogP contribution in [0.3, 0.4) is 0 Å². The number of nitrogens with zero attached hydrogens (tertiary/aromatic N) is 11. The first-order valence-electron chi connectivity index (χ1n) is 38.1. The summed E-state index contributed by atoms with van der Waals surface area (Å²) in [6.45, 7) is 16.8. The highest BCUT2D eigenvalue weighted by molar-refractivity contribution is 7.20. The standard InChI is InChI=1S/C22H31N3O2S.C21H29N3O3S.C12H13ClN2S.C11H11ClN2OS.C10H19NO2/c1-2-15-3-8-19-18(13-15)20-21(23-14-24-22(20)28-19)27-17-6-4-16(5-7-17)25-9-11-26-12-10-25;25-12-14-1-6-18-17(11-14)19-20(22-13-23-21(19)28-18)27-16-4-2-15(3-5-16)24-7-9-26-10-8-24;1-2-7-3-4-9-8(5-7)10-11(13)14-6-15-12(10)16-9;12-10-9-7-3-6(4-15)1-2-8(7)16-11(9)14-5-13-10;12-10-3-1-9(2-4-10)11-5-7-13-8-6-11/h14-17H,2-13H2,1H3;13-16,25H,1-12H2;6-7H,2-5H2,1H3;5-6,15H,1-4H2;9-10,12H,1-8H2/t15-,16?,17?;14-,15?,16?;7-;6-;/m1111./s1. The number of aromatic nitrogens is 8. The molecule has 18 rings (SSSR count).